The first-order chi connectivity index (χ1) is 38.0. The summed E-state index contributed by atoms with van der Waals surface area (Å²) >= 11 is 8.53. The Hall–Kier alpha value is -7.76. The average molecular weight is 1120 g/mol. The van der Waals surface area contributed by atoms with E-state index in [1.54, 1.807) is 42.6 Å². The van der Waals surface area contributed by atoms with Gasteiger partial charge in [0, 0.05) is 41.4 Å². The van der Waals surface area contributed by atoms with E-state index in [0.717, 1.165) is 27.2 Å². The predicted octanol–water partition coefficient (Wildman–Crippen LogP) is 1.55. The number of rotatable bonds is 28. The molecule has 0 bridgehead atoms. The van der Waals surface area contributed by atoms with Gasteiger partial charge in [0.1, 0.15) is 42.0 Å². The van der Waals surface area contributed by atoms with E-state index < -0.39 is 95.7 Å². The Bertz CT molecular complexity index is 3070. The summed E-state index contributed by atoms with van der Waals surface area (Å²) in [6, 6.07) is 25.7. The molecular formula is C57H68N10O10S2. The number of aromatic hydroxyl groups is 1. The van der Waals surface area contributed by atoms with Crippen LogP contribution in [0.2, 0.25) is 0 Å². The minimum Gasteiger partial charge on any atom is -0.508 e. The molecule has 0 spiro atoms. The number of phenols is 1. The lowest BCUT2D eigenvalue weighted by atomic mass is 10.0. The number of hydrogen-bond acceptors (Lipinski definition) is 14. The molecule has 4 unspecified atom stereocenters. The van der Waals surface area contributed by atoms with Crippen LogP contribution in [0.15, 0.2) is 128 Å². The number of aromatic nitrogens is 1. The molecule has 6 aromatic rings. The molecule has 1 heterocycles. The maximum atomic E-state index is 14.7. The van der Waals surface area contributed by atoms with Crippen LogP contribution in [0.5, 0.6) is 5.75 Å². The summed E-state index contributed by atoms with van der Waals surface area (Å²) in [5.41, 5.74) is 15.3. The Morgan fingerprint density at radius 3 is 1.77 bits per heavy atom. The van der Waals surface area contributed by atoms with Crippen LogP contribution in [-0.4, -0.2) is 129 Å². The van der Waals surface area contributed by atoms with E-state index in [2.05, 4.69) is 67.5 Å². The molecule has 8 amide bonds. The number of imide groups is 1. The van der Waals surface area contributed by atoms with Gasteiger partial charge >= 0.3 is 0 Å². The maximum absolute atomic E-state index is 14.7. The number of aromatic amines is 1. The zero-order valence-electron chi connectivity index (χ0n) is 43.5. The van der Waals surface area contributed by atoms with E-state index >= 15 is 0 Å². The van der Waals surface area contributed by atoms with Crippen LogP contribution in [0.4, 0.5) is 0 Å². The maximum Gasteiger partial charge on any atom is 0.249 e. The van der Waals surface area contributed by atoms with E-state index in [9.17, 15) is 48.6 Å². The van der Waals surface area contributed by atoms with Crippen molar-refractivity contribution >= 4 is 94.2 Å². The number of amides is 8. The van der Waals surface area contributed by atoms with E-state index in [1.807, 2.05) is 72.8 Å². The molecule has 5 aromatic carbocycles. The first-order valence-corrected chi connectivity index (χ1v) is 27.1. The zero-order chi connectivity index (χ0) is 57.0. The first kappa shape index (κ1) is 60.5. The highest BCUT2D eigenvalue weighted by Crippen LogP contribution is 2.21. The first-order valence-electron chi connectivity index (χ1n) is 25.8. The lowest BCUT2D eigenvalue weighted by molar-refractivity contribution is -0.137. The Kier molecular flexibility index (Phi) is 22.8. The van der Waals surface area contributed by atoms with Gasteiger partial charge in [0.15, 0.2) is 0 Å². The summed E-state index contributed by atoms with van der Waals surface area (Å²) in [6.07, 6.45) is 0.623. The van der Waals surface area contributed by atoms with Gasteiger partial charge in [0.2, 0.25) is 47.3 Å². The smallest absolute Gasteiger partial charge is 0.249 e. The minimum absolute atomic E-state index is 0.0109. The monoisotopic (exact) mass is 1120 g/mol. The number of hydrogen-bond donors (Lipinski definition) is 14. The molecule has 0 radical (unpaired) electrons. The number of carbonyl (C=O) groups excluding carboxylic acids is 8. The molecule has 0 aliphatic rings. The molecule has 0 saturated heterocycles. The number of carbonyl (C=O) groups is 8. The van der Waals surface area contributed by atoms with Crippen LogP contribution in [0.1, 0.15) is 48.4 Å². The normalized spacial score (nSPS) is 14.3. The van der Waals surface area contributed by atoms with Gasteiger partial charge in [-0.2, -0.15) is 25.3 Å². The van der Waals surface area contributed by atoms with Crippen molar-refractivity contribution in [3.8, 4) is 5.75 Å². The van der Waals surface area contributed by atoms with Gasteiger partial charge in [0.05, 0.1) is 18.6 Å². The number of phenolic OH excluding ortho intramolecular Hbond substituents is 1. The van der Waals surface area contributed by atoms with Crippen LogP contribution in [-0.2, 0) is 64.0 Å². The average Bonchev–Trinajstić information content (AvgIpc) is 3.85. The SMILES string of the molecule is C[C@@H](O)[C@H](NC(=O)C(CCCCN)NC(=O)[C@@H](Cc1c[nH]c2ccccc12)NC(=O)C(Cc1ccc(O)cc1)NC(=O)[C@@H](CS)NC(=O)C(N)Cc1ccccc1)C(=O)NC(CS)C(=O)NC(=O)Cc1ccc2ccccc2c1. The van der Waals surface area contributed by atoms with E-state index in [1.165, 1.54) is 19.1 Å². The molecule has 22 heteroatoms. The highest BCUT2D eigenvalue weighted by atomic mass is 32.1. The van der Waals surface area contributed by atoms with Gasteiger partial charge in [-0.25, -0.2) is 0 Å². The summed E-state index contributed by atoms with van der Waals surface area (Å²) < 4.78 is 0. The number of unbranched alkanes of at least 4 members (excludes halogenated alkanes) is 1. The molecule has 14 N–H and O–H groups in total. The number of aliphatic hydroxyl groups is 1. The van der Waals surface area contributed by atoms with E-state index in [4.69, 9.17) is 11.5 Å². The third kappa shape index (κ3) is 17.9. The molecule has 1 aromatic heterocycles. The van der Waals surface area contributed by atoms with Crippen molar-refractivity contribution in [2.24, 2.45) is 11.5 Å². The van der Waals surface area contributed by atoms with Gasteiger partial charge < -0.3 is 58.6 Å². The number of H-pyrrole nitrogens is 1. The molecule has 0 aliphatic carbocycles. The van der Waals surface area contributed by atoms with Gasteiger partial charge in [-0.05, 0) is 90.4 Å². The number of nitrogens with one attached hydrogen (secondary N) is 8. The van der Waals surface area contributed by atoms with Crippen LogP contribution in [0, 0.1) is 0 Å². The number of aliphatic hydroxyl groups excluding tert-OH is 1. The Labute approximate surface area is 468 Å². The molecule has 20 nitrogen and oxygen atoms in total. The largest absolute Gasteiger partial charge is 0.508 e. The second kappa shape index (κ2) is 29.8. The minimum atomic E-state index is -1.68. The molecule has 0 saturated carbocycles. The molecule has 0 fully saturated rings. The van der Waals surface area contributed by atoms with Crippen LogP contribution in [0.3, 0.4) is 0 Å². The second-order valence-corrected chi connectivity index (χ2v) is 19.9. The van der Waals surface area contributed by atoms with Crippen molar-refractivity contribution in [1.82, 2.24) is 42.2 Å². The van der Waals surface area contributed by atoms with Crippen molar-refractivity contribution < 1.29 is 48.6 Å². The third-order valence-corrected chi connectivity index (χ3v) is 13.8. The van der Waals surface area contributed by atoms with Gasteiger partial charge in [-0.3, -0.25) is 43.7 Å². The van der Waals surface area contributed by atoms with Crippen LogP contribution < -0.4 is 48.7 Å². The van der Waals surface area contributed by atoms with Gasteiger partial charge in [-0.1, -0.05) is 103 Å². The molecule has 418 valence electrons. The number of nitrogens with two attached hydrogens (primary N) is 2. The van der Waals surface area contributed by atoms with E-state index in [-0.39, 0.29) is 55.9 Å². The summed E-state index contributed by atoms with van der Waals surface area (Å²) in [5, 5.41) is 41.6. The second-order valence-electron chi connectivity index (χ2n) is 19.2. The van der Waals surface area contributed by atoms with Crippen molar-refractivity contribution in [3.63, 3.8) is 0 Å². The lowest BCUT2D eigenvalue weighted by Gasteiger charge is -2.28. The number of benzene rings is 5. The fraction of sp³-hybridized carbons (Fsp3) is 0.333. The number of fused-ring (bicyclic) bond motifs is 2. The summed E-state index contributed by atoms with van der Waals surface area (Å²) in [4.78, 5) is 114. The Morgan fingerprint density at radius 1 is 0.557 bits per heavy atom. The topological polar surface area (TPSA) is 329 Å². The van der Waals surface area contributed by atoms with Crippen LogP contribution in [0.25, 0.3) is 21.7 Å². The highest BCUT2D eigenvalue weighted by molar-refractivity contribution is 7.80. The predicted molar refractivity (Wildman–Crippen MR) is 307 cm³/mol. The summed E-state index contributed by atoms with van der Waals surface area (Å²) in [7, 11) is 0. The zero-order valence-corrected chi connectivity index (χ0v) is 45.3. The Balaban J connectivity index is 1.19. The Morgan fingerprint density at radius 2 is 1.10 bits per heavy atom. The highest BCUT2D eigenvalue weighted by Gasteiger charge is 2.35. The fourth-order valence-corrected chi connectivity index (χ4v) is 9.25. The van der Waals surface area contributed by atoms with Crippen molar-refractivity contribution in [1.29, 1.82) is 0 Å². The molecular weight excluding hydrogens is 1050 g/mol. The van der Waals surface area contributed by atoms with Crippen LogP contribution >= 0.6 is 25.3 Å². The van der Waals surface area contributed by atoms with Gasteiger partial charge in [0.25, 0.3) is 0 Å². The molecule has 0 aliphatic heterocycles. The number of thiol groups is 2. The quantitative estimate of drug-likeness (QED) is 0.0246. The fourth-order valence-electron chi connectivity index (χ4n) is 8.74. The summed E-state index contributed by atoms with van der Waals surface area (Å²) in [5.74, 6) is -7.00. The standard InChI is InChI=1S/C57H68N10O10S2/c1-33(68)50(57(77)65-48(32-79)56(76)66-49(70)28-36-18-21-37-13-5-6-14-38(37)25-36)67-52(72)44(17-9-10-24-58)61-54(74)46(29-39-30-60-43-16-8-7-15-41(39)43)63-53(73)45(27-35-19-22-40(69)23-20-35)62-55(75)47(31-78)64-51(71)42(59)26-34-11-3-2-4-12-34/h2-8,11-16,18-23,25,30,33,42,44-48,50,60,68-69,78-79H,9-10,17,24,26-29,31-32,58-59H2,1H3,(H,61,74)(H,62,75)(H,63,73)(H,64,71)(H,65,77)(H,67,72)(H,66,70,76)/t33-,42?,44?,45?,46-,47-,48?,50+/m1/s1. The van der Waals surface area contributed by atoms with Gasteiger partial charge in [-0.15, -0.1) is 0 Å². The van der Waals surface area contributed by atoms with Crippen molar-refractivity contribution in [3.05, 3.63) is 150 Å². The lowest BCUT2D eigenvalue weighted by Crippen LogP contribution is -2.62. The number of para-hydroxylation sites is 1. The van der Waals surface area contributed by atoms with E-state index in [0.29, 0.717) is 29.5 Å². The summed E-state index contributed by atoms with van der Waals surface area (Å²) in [6.45, 7) is 1.48. The van der Waals surface area contributed by atoms with Crippen molar-refractivity contribution in [2.45, 2.75) is 100 Å². The molecule has 79 heavy (non-hydrogen) atoms. The third-order valence-electron chi connectivity index (χ3n) is 13.1. The molecule has 6 rings (SSSR count). The molecule has 8 atom stereocenters. The van der Waals surface area contributed by atoms with Crippen molar-refractivity contribution in [2.75, 3.05) is 18.1 Å².